The molecule has 23 heavy (non-hydrogen) atoms. The number of hydrogen-bond acceptors (Lipinski definition) is 2. The fraction of sp³-hybridized carbons (Fsp3) is 0.278. The van der Waals surface area contributed by atoms with Gasteiger partial charge in [0.15, 0.2) is 0 Å². The number of benzene rings is 2. The van der Waals surface area contributed by atoms with Gasteiger partial charge in [0.25, 0.3) is 0 Å². The van der Waals surface area contributed by atoms with Gasteiger partial charge in [-0.1, -0.05) is 59.6 Å². The van der Waals surface area contributed by atoms with Crippen molar-refractivity contribution in [1.29, 1.82) is 0 Å². The van der Waals surface area contributed by atoms with Crippen molar-refractivity contribution in [3.05, 3.63) is 64.1 Å². The van der Waals surface area contributed by atoms with Crippen molar-refractivity contribution in [1.82, 2.24) is 4.90 Å². The van der Waals surface area contributed by atoms with Crippen molar-refractivity contribution in [3.8, 4) is 0 Å². The molecule has 0 saturated carbocycles. The maximum absolute atomic E-state index is 12.4. The highest BCUT2D eigenvalue weighted by molar-refractivity contribution is 6.43. The number of nitrogens with one attached hydrogen (secondary N) is 1. The van der Waals surface area contributed by atoms with E-state index in [1.54, 1.807) is 18.2 Å². The van der Waals surface area contributed by atoms with E-state index in [4.69, 9.17) is 23.2 Å². The van der Waals surface area contributed by atoms with E-state index < -0.39 is 0 Å². The summed E-state index contributed by atoms with van der Waals surface area (Å²) in [6, 6.07) is 15.9. The number of anilines is 1. The number of nitrogens with zero attached hydrogens (tertiary/aromatic N) is 1. The Hall–Kier alpha value is -1.55. The molecule has 0 spiro atoms. The first-order valence-electron chi connectivity index (χ1n) is 7.68. The summed E-state index contributed by atoms with van der Waals surface area (Å²) in [5.41, 5.74) is 1.82. The van der Waals surface area contributed by atoms with Gasteiger partial charge in [-0.25, -0.2) is 0 Å². The zero-order valence-electron chi connectivity index (χ0n) is 12.6. The summed E-state index contributed by atoms with van der Waals surface area (Å²) in [5.74, 6) is -0.0722. The van der Waals surface area contributed by atoms with Crippen LogP contribution in [0.15, 0.2) is 48.5 Å². The molecular weight excluding hydrogens is 331 g/mol. The van der Waals surface area contributed by atoms with Gasteiger partial charge < -0.3 is 5.32 Å². The molecule has 0 unspecified atom stereocenters. The van der Waals surface area contributed by atoms with Gasteiger partial charge in [-0.15, -0.1) is 0 Å². The third-order valence-corrected chi connectivity index (χ3v) is 4.94. The minimum Gasteiger partial charge on any atom is -0.324 e. The molecule has 3 rings (SSSR count). The Labute approximate surface area is 146 Å². The van der Waals surface area contributed by atoms with Crippen molar-refractivity contribution in [3.63, 3.8) is 0 Å². The second kappa shape index (κ2) is 7.35. The number of hydrogen-bond donors (Lipinski definition) is 1. The molecule has 1 aliphatic heterocycles. The normalized spacial score (nSPS) is 18.1. The molecule has 3 nitrogen and oxygen atoms in total. The Morgan fingerprint density at radius 2 is 1.91 bits per heavy atom. The van der Waals surface area contributed by atoms with Gasteiger partial charge in [-0.2, -0.15) is 0 Å². The van der Waals surface area contributed by atoms with Gasteiger partial charge in [0.05, 0.1) is 22.3 Å². The molecule has 0 aromatic heterocycles. The average molecular weight is 349 g/mol. The van der Waals surface area contributed by atoms with Gasteiger partial charge in [-0.05, 0) is 37.1 Å². The molecule has 0 bridgehead atoms. The van der Waals surface area contributed by atoms with Crippen molar-refractivity contribution >= 4 is 34.8 Å². The third kappa shape index (κ3) is 3.86. The largest absolute Gasteiger partial charge is 0.324 e. The van der Waals surface area contributed by atoms with E-state index in [1.807, 2.05) is 18.2 Å². The number of carbonyl (C=O) groups is 1. The average Bonchev–Trinajstić information content (AvgIpc) is 3.00. The van der Waals surface area contributed by atoms with Crippen molar-refractivity contribution in [2.75, 3.05) is 18.4 Å². The zero-order valence-corrected chi connectivity index (χ0v) is 14.1. The van der Waals surface area contributed by atoms with E-state index in [0.717, 1.165) is 19.4 Å². The first kappa shape index (κ1) is 16.3. The number of carbonyl (C=O) groups excluding carboxylic acids is 1. The Kier molecular flexibility index (Phi) is 5.21. The number of halogens is 2. The minimum absolute atomic E-state index is 0.0722. The molecular formula is C18H18Cl2N2O. The lowest BCUT2D eigenvalue weighted by Gasteiger charge is -2.24. The summed E-state index contributed by atoms with van der Waals surface area (Å²) in [4.78, 5) is 14.6. The highest BCUT2D eigenvalue weighted by Crippen LogP contribution is 2.32. The Balaban J connectivity index is 1.66. The van der Waals surface area contributed by atoms with E-state index in [2.05, 4.69) is 22.3 Å². The van der Waals surface area contributed by atoms with Crippen LogP contribution in [0.2, 0.25) is 10.0 Å². The predicted octanol–water partition coefficient (Wildman–Crippen LogP) is 4.77. The monoisotopic (exact) mass is 348 g/mol. The summed E-state index contributed by atoms with van der Waals surface area (Å²) in [6.07, 6.45) is 2.18. The first-order chi connectivity index (χ1) is 11.1. The van der Waals surface area contributed by atoms with Gasteiger partial charge in [0, 0.05) is 6.04 Å². The minimum atomic E-state index is -0.0722. The molecule has 1 amide bonds. The molecule has 1 N–H and O–H groups in total. The SMILES string of the molecule is O=C(CN1CCC[C@H]1c1ccccc1)Nc1cccc(Cl)c1Cl. The van der Waals surface area contributed by atoms with Crippen LogP contribution in [0, 0.1) is 0 Å². The van der Waals surface area contributed by atoms with Crippen molar-refractivity contribution in [2.24, 2.45) is 0 Å². The number of likely N-dealkylation sites (tertiary alicyclic amines) is 1. The summed E-state index contributed by atoms with van der Waals surface area (Å²) in [6.45, 7) is 1.28. The van der Waals surface area contributed by atoms with E-state index >= 15 is 0 Å². The first-order valence-corrected chi connectivity index (χ1v) is 8.43. The van der Waals surface area contributed by atoms with Crippen LogP contribution in [0.25, 0.3) is 0 Å². The van der Waals surface area contributed by atoms with E-state index in [9.17, 15) is 4.79 Å². The second-order valence-corrected chi connectivity index (χ2v) is 6.47. The molecule has 1 atom stereocenters. The number of rotatable bonds is 4. The Morgan fingerprint density at radius 1 is 1.13 bits per heavy atom. The van der Waals surface area contributed by atoms with Gasteiger partial charge >= 0.3 is 0 Å². The van der Waals surface area contributed by atoms with E-state index in [1.165, 1.54) is 5.56 Å². The molecule has 2 aromatic carbocycles. The van der Waals surface area contributed by atoms with E-state index in [0.29, 0.717) is 28.3 Å². The predicted molar refractivity (Wildman–Crippen MR) is 95.1 cm³/mol. The lowest BCUT2D eigenvalue weighted by molar-refractivity contribution is -0.117. The zero-order chi connectivity index (χ0) is 16.2. The van der Waals surface area contributed by atoms with Crippen LogP contribution >= 0.6 is 23.2 Å². The standard InChI is InChI=1S/C18H18Cl2N2O/c19-14-8-4-9-15(18(14)20)21-17(23)12-22-11-5-10-16(22)13-6-2-1-3-7-13/h1-4,6-9,16H,5,10-12H2,(H,21,23)/t16-/m0/s1. The lowest BCUT2D eigenvalue weighted by atomic mass is 10.0. The van der Waals surface area contributed by atoms with Crippen LogP contribution in [-0.4, -0.2) is 23.9 Å². The summed E-state index contributed by atoms with van der Waals surface area (Å²) in [7, 11) is 0. The summed E-state index contributed by atoms with van der Waals surface area (Å²) >= 11 is 12.1. The summed E-state index contributed by atoms with van der Waals surface area (Å²) < 4.78 is 0. The van der Waals surface area contributed by atoms with Crippen LogP contribution in [0.4, 0.5) is 5.69 Å². The molecule has 1 fully saturated rings. The second-order valence-electron chi connectivity index (χ2n) is 5.69. The quantitative estimate of drug-likeness (QED) is 0.862. The van der Waals surface area contributed by atoms with Crippen LogP contribution in [0.3, 0.4) is 0 Å². The molecule has 5 heteroatoms. The van der Waals surface area contributed by atoms with Crippen LogP contribution in [0.1, 0.15) is 24.4 Å². The van der Waals surface area contributed by atoms with Crippen LogP contribution in [-0.2, 0) is 4.79 Å². The van der Waals surface area contributed by atoms with Gasteiger partial charge in [0.2, 0.25) is 5.91 Å². The smallest absolute Gasteiger partial charge is 0.238 e. The molecule has 120 valence electrons. The molecule has 2 aromatic rings. The van der Waals surface area contributed by atoms with Crippen molar-refractivity contribution < 1.29 is 4.79 Å². The maximum atomic E-state index is 12.4. The molecule has 0 aliphatic carbocycles. The maximum Gasteiger partial charge on any atom is 0.238 e. The highest BCUT2D eigenvalue weighted by Gasteiger charge is 2.27. The summed E-state index contributed by atoms with van der Waals surface area (Å²) in [5, 5.41) is 3.67. The van der Waals surface area contributed by atoms with E-state index in [-0.39, 0.29) is 5.91 Å². The lowest BCUT2D eigenvalue weighted by Crippen LogP contribution is -2.33. The molecule has 1 saturated heterocycles. The molecule has 0 radical (unpaired) electrons. The molecule has 1 heterocycles. The fourth-order valence-electron chi connectivity index (χ4n) is 3.04. The third-order valence-electron chi connectivity index (χ3n) is 4.12. The highest BCUT2D eigenvalue weighted by atomic mass is 35.5. The fourth-order valence-corrected chi connectivity index (χ4v) is 3.39. The Morgan fingerprint density at radius 3 is 2.70 bits per heavy atom. The van der Waals surface area contributed by atoms with Crippen LogP contribution in [0.5, 0.6) is 0 Å². The molecule has 1 aliphatic rings. The Bertz CT molecular complexity index is 691. The topological polar surface area (TPSA) is 32.3 Å². The van der Waals surface area contributed by atoms with Crippen molar-refractivity contribution in [2.45, 2.75) is 18.9 Å². The van der Waals surface area contributed by atoms with Gasteiger partial charge in [0.1, 0.15) is 0 Å². The van der Waals surface area contributed by atoms with Crippen LogP contribution < -0.4 is 5.32 Å². The number of amides is 1. The van der Waals surface area contributed by atoms with Gasteiger partial charge in [-0.3, -0.25) is 9.69 Å².